The molecule has 7 heteroatoms. The summed E-state index contributed by atoms with van der Waals surface area (Å²) >= 11 is 0. The van der Waals surface area contributed by atoms with Crippen LogP contribution in [-0.2, 0) is 19.1 Å². The first-order valence-corrected chi connectivity index (χ1v) is 9.31. The van der Waals surface area contributed by atoms with Gasteiger partial charge in [0.25, 0.3) is 5.91 Å². The van der Waals surface area contributed by atoms with Crippen LogP contribution in [-0.4, -0.2) is 31.0 Å². The van der Waals surface area contributed by atoms with E-state index in [0.717, 1.165) is 11.1 Å². The summed E-state index contributed by atoms with van der Waals surface area (Å²) in [4.78, 5) is 35.0. The predicted molar refractivity (Wildman–Crippen MR) is 111 cm³/mol. The van der Waals surface area contributed by atoms with E-state index in [1.54, 1.807) is 24.3 Å². The molecule has 7 nitrogen and oxygen atoms in total. The summed E-state index contributed by atoms with van der Waals surface area (Å²) < 4.78 is 10.6. The molecule has 154 valence electrons. The monoisotopic (exact) mass is 398 g/mol. The van der Waals surface area contributed by atoms with E-state index in [9.17, 15) is 14.4 Å². The van der Waals surface area contributed by atoms with Gasteiger partial charge >= 0.3 is 5.97 Å². The largest absolute Gasteiger partial charge is 0.482 e. The van der Waals surface area contributed by atoms with Gasteiger partial charge < -0.3 is 20.1 Å². The van der Waals surface area contributed by atoms with Crippen LogP contribution in [0.15, 0.2) is 42.5 Å². The van der Waals surface area contributed by atoms with Crippen molar-refractivity contribution < 1.29 is 23.9 Å². The van der Waals surface area contributed by atoms with E-state index in [0.29, 0.717) is 17.1 Å². The number of amides is 2. The van der Waals surface area contributed by atoms with Gasteiger partial charge in [0.15, 0.2) is 13.2 Å². The molecule has 2 amide bonds. The minimum atomic E-state index is -0.636. The quantitative estimate of drug-likeness (QED) is 0.662. The fourth-order valence-electron chi connectivity index (χ4n) is 2.64. The van der Waals surface area contributed by atoms with Gasteiger partial charge in [-0.05, 0) is 48.2 Å². The van der Waals surface area contributed by atoms with E-state index in [-0.39, 0.29) is 18.4 Å². The van der Waals surface area contributed by atoms with Crippen LogP contribution in [0, 0.1) is 6.92 Å². The maximum Gasteiger partial charge on any atom is 0.344 e. The average molecular weight is 398 g/mol. The highest BCUT2D eigenvalue weighted by atomic mass is 16.6. The van der Waals surface area contributed by atoms with Crippen molar-refractivity contribution in [2.24, 2.45) is 0 Å². The molecule has 0 unspecified atom stereocenters. The summed E-state index contributed by atoms with van der Waals surface area (Å²) in [7, 11) is 0. The predicted octanol–water partition coefficient (Wildman–Crippen LogP) is 3.64. The normalized spacial score (nSPS) is 10.4. The van der Waals surface area contributed by atoms with Crippen molar-refractivity contribution in [2.75, 3.05) is 23.8 Å². The summed E-state index contributed by atoms with van der Waals surface area (Å²) in [6.45, 7) is 6.71. The van der Waals surface area contributed by atoms with E-state index in [1.807, 2.05) is 39.0 Å². The molecule has 2 aromatic rings. The number of ether oxygens (including phenoxy) is 2. The molecule has 0 spiro atoms. The molecule has 0 atom stereocenters. The van der Waals surface area contributed by atoms with Gasteiger partial charge in [-0.3, -0.25) is 9.59 Å². The third-order valence-electron chi connectivity index (χ3n) is 3.97. The lowest BCUT2D eigenvalue weighted by Crippen LogP contribution is -2.24. The highest BCUT2D eigenvalue weighted by Crippen LogP contribution is 2.27. The van der Waals surface area contributed by atoms with Crippen molar-refractivity contribution in [1.29, 1.82) is 0 Å². The number of hydrogen-bond acceptors (Lipinski definition) is 5. The first kappa shape index (κ1) is 21.9. The van der Waals surface area contributed by atoms with Crippen LogP contribution < -0.4 is 15.4 Å². The zero-order chi connectivity index (χ0) is 21.4. The van der Waals surface area contributed by atoms with Crippen LogP contribution in [0.5, 0.6) is 5.75 Å². The Morgan fingerprint density at radius 3 is 2.31 bits per heavy atom. The molecule has 0 aliphatic rings. The summed E-state index contributed by atoms with van der Waals surface area (Å²) in [5.74, 6) is -0.450. The zero-order valence-electron chi connectivity index (χ0n) is 17.1. The highest BCUT2D eigenvalue weighted by molar-refractivity contribution is 5.94. The second kappa shape index (κ2) is 10.3. The van der Waals surface area contributed by atoms with E-state index >= 15 is 0 Å². The minimum Gasteiger partial charge on any atom is -0.482 e. The van der Waals surface area contributed by atoms with E-state index in [1.165, 1.54) is 6.92 Å². The minimum absolute atomic E-state index is 0.211. The molecular formula is C22H26N2O5. The summed E-state index contributed by atoms with van der Waals surface area (Å²) in [6, 6.07) is 12.5. The molecule has 0 aromatic heterocycles. The van der Waals surface area contributed by atoms with Gasteiger partial charge in [-0.1, -0.05) is 32.0 Å². The van der Waals surface area contributed by atoms with Crippen molar-refractivity contribution in [3.05, 3.63) is 53.6 Å². The Balaban J connectivity index is 1.83. The molecule has 0 heterocycles. The second-order valence-electron chi connectivity index (χ2n) is 6.96. The summed E-state index contributed by atoms with van der Waals surface area (Å²) in [5, 5.41) is 5.23. The molecule has 0 radical (unpaired) electrons. The Morgan fingerprint density at radius 2 is 1.66 bits per heavy atom. The number of benzene rings is 2. The van der Waals surface area contributed by atoms with E-state index in [2.05, 4.69) is 10.6 Å². The maximum atomic E-state index is 12.0. The van der Waals surface area contributed by atoms with Gasteiger partial charge in [-0.15, -0.1) is 0 Å². The number of esters is 1. The van der Waals surface area contributed by atoms with Gasteiger partial charge in [0.1, 0.15) is 5.75 Å². The molecule has 29 heavy (non-hydrogen) atoms. The third-order valence-corrected chi connectivity index (χ3v) is 3.97. The van der Waals surface area contributed by atoms with Crippen molar-refractivity contribution >= 4 is 29.2 Å². The van der Waals surface area contributed by atoms with Crippen LogP contribution >= 0.6 is 0 Å². The van der Waals surface area contributed by atoms with Crippen LogP contribution in [0.2, 0.25) is 0 Å². The van der Waals surface area contributed by atoms with E-state index < -0.39 is 18.5 Å². The Labute approximate surface area is 170 Å². The Bertz CT molecular complexity index is 893. The lowest BCUT2D eigenvalue weighted by atomic mass is 10.0. The smallest absolute Gasteiger partial charge is 0.344 e. The molecule has 0 fully saturated rings. The standard InChI is InChI=1S/C22H26N2O5/c1-14(2)19-9-8-15(3)10-20(19)28-13-22(27)29-12-21(26)24-18-7-5-6-17(11-18)23-16(4)25/h5-11,14H,12-13H2,1-4H3,(H,23,25)(H,24,26). The van der Waals surface area contributed by atoms with Crippen molar-refractivity contribution in [3.63, 3.8) is 0 Å². The number of aryl methyl sites for hydroxylation is 1. The van der Waals surface area contributed by atoms with Crippen LogP contribution in [0.4, 0.5) is 11.4 Å². The molecule has 0 saturated heterocycles. The van der Waals surface area contributed by atoms with Crippen LogP contribution in [0.1, 0.15) is 37.8 Å². The Hall–Kier alpha value is -3.35. The van der Waals surface area contributed by atoms with Crippen molar-refractivity contribution in [2.45, 2.75) is 33.6 Å². The number of anilines is 2. The van der Waals surface area contributed by atoms with Gasteiger partial charge in [-0.2, -0.15) is 0 Å². The number of carbonyl (C=O) groups is 3. The molecular weight excluding hydrogens is 372 g/mol. The number of carbonyl (C=O) groups excluding carboxylic acids is 3. The Kier molecular flexibility index (Phi) is 7.77. The second-order valence-corrected chi connectivity index (χ2v) is 6.96. The first-order chi connectivity index (χ1) is 13.7. The van der Waals surface area contributed by atoms with Gasteiger partial charge in [0, 0.05) is 18.3 Å². The lowest BCUT2D eigenvalue weighted by molar-refractivity contribution is -0.149. The summed E-state index contributed by atoms with van der Waals surface area (Å²) in [6.07, 6.45) is 0. The van der Waals surface area contributed by atoms with Crippen molar-refractivity contribution in [1.82, 2.24) is 0 Å². The molecule has 0 saturated carbocycles. The third kappa shape index (κ3) is 7.29. The Morgan fingerprint density at radius 1 is 0.966 bits per heavy atom. The topological polar surface area (TPSA) is 93.7 Å². The molecule has 0 aliphatic carbocycles. The fourth-order valence-corrected chi connectivity index (χ4v) is 2.64. The maximum absolute atomic E-state index is 12.0. The number of hydrogen-bond donors (Lipinski definition) is 2. The molecule has 2 N–H and O–H groups in total. The number of rotatable bonds is 8. The van der Waals surface area contributed by atoms with Crippen LogP contribution in [0.25, 0.3) is 0 Å². The summed E-state index contributed by atoms with van der Waals surface area (Å²) in [5.41, 5.74) is 3.06. The van der Waals surface area contributed by atoms with E-state index in [4.69, 9.17) is 9.47 Å². The van der Waals surface area contributed by atoms with Crippen molar-refractivity contribution in [3.8, 4) is 5.75 Å². The SMILES string of the molecule is CC(=O)Nc1cccc(NC(=O)COC(=O)COc2cc(C)ccc2C(C)C)c1. The van der Waals surface area contributed by atoms with Crippen LogP contribution in [0.3, 0.4) is 0 Å². The average Bonchev–Trinajstić information content (AvgIpc) is 2.64. The molecule has 0 bridgehead atoms. The molecule has 0 aliphatic heterocycles. The van der Waals surface area contributed by atoms with Gasteiger partial charge in [0.05, 0.1) is 0 Å². The fraction of sp³-hybridized carbons (Fsp3) is 0.318. The lowest BCUT2D eigenvalue weighted by Gasteiger charge is -2.14. The molecule has 2 aromatic carbocycles. The number of nitrogens with one attached hydrogen (secondary N) is 2. The van der Waals surface area contributed by atoms with Gasteiger partial charge in [-0.25, -0.2) is 4.79 Å². The first-order valence-electron chi connectivity index (χ1n) is 9.31. The zero-order valence-corrected chi connectivity index (χ0v) is 17.1. The highest BCUT2D eigenvalue weighted by Gasteiger charge is 2.12. The molecule has 2 rings (SSSR count). The van der Waals surface area contributed by atoms with Gasteiger partial charge in [0.2, 0.25) is 5.91 Å².